The standard InChI is InChI=1S/C14H18N2O/c1-9-5-4-6-11-13(9)16-10(2)7-15-8-12(16)14(11)17-3/h4-6,10,15H,7-8H2,1-3H3. The van der Waals surface area contributed by atoms with Crippen LogP contribution in [0.5, 0.6) is 5.75 Å². The number of hydrogen-bond acceptors (Lipinski definition) is 2. The normalized spacial score (nSPS) is 19.4. The highest BCUT2D eigenvalue weighted by Crippen LogP contribution is 2.38. The first-order chi connectivity index (χ1) is 8.24. The Labute approximate surface area is 101 Å². The minimum Gasteiger partial charge on any atom is -0.494 e. The number of hydrogen-bond donors (Lipinski definition) is 1. The van der Waals surface area contributed by atoms with Crippen LogP contribution in [0.15, 0.2) is 18.2 Å². The fourth-order valence-electron chi connectivity index (χ4n) is 2.93. The quantitative estimate of drug-likeness (QED) is 0.815. The maximum Gasteiger partial charge on any atom is 0.148 e. The van der Waals surface area contributed by atoms with E-state index in [2.05, 4.69) is 41.9 Å². The zero-order valence-electron chi connectivity index (χ0n) is 10.6. The number of methoxy groups -OCH3 is 1. The molecule has 3 heteroatoms. The van der Waals surface area contributed by atoms with Gasteiger partial charge in [0.15, 0.2) is 0 Å². The molecule has 2 heterocycles. The van der Waals surface area contributed by atoms with Crippen LogP contribution in [0.3, 0.4) is 0 Å². The molecular weight excluding hydrogens is 212 g/mol. The molecule has 1 aliphatic rings. The van der Waals surface area contributed by atoms with Crippen molar-refractivity contribution in [3.63, 3.8) is 0 Å². The lowest BCUT2D eigenvalue weighted by Crippen LogP contribution is -2.31. The van der Waals surface area contributed by atoms with Gasteiger partial charge in [-0.15, -0.1) is 0 Å². The van der Waals surface area contributed by atoms with Crippen molar-refractivity contribution < 1.29 is 4.74 Å². The Morgan fingerprint density at radius 1 is 1.41 bits per heavy atom. The van der Waals surface area contributed by atoms with Crippen molar-refractivity contribution >= 4 is 10.9 Å². The van der Waals surface area contributed by atoms with Gasteiger partial charge in [-0.2, -0.15) is 0 Å². The van der Waals surface area contributed by atoms with E-state index in [4.69, 9.17) is 4.74 Å². The SMILES string of the molecule is COc1c2n(c3c(C)cccc13)C(C)CNC2. The summed E-state index contributed by atoms with van der Waals surface area (Å²) < 4.78 is 8.04. The van der Waals surface area contributed by atoms with Gasteiger partial charge in [-0.25, -0.2) is 0 Å². The summed E-state index contributed by atoms with van der Waals surface area (Å²) in [5, 5.41) is 4.68. The molecule has 17 heavy (non-hydrogen) atoms. The summed E-state index contributed by atoms with van der Waals surface area (Å²) in [6, 6.07) is 6.90. The second-order valence-electron chi connectivity index (χ2n) is 4.80. The number of aryl methyl sites for hydroxylation is 1. The van der Waals surface area contributed by atoms with E-state index in [0.29, 0.717) is 6.04 Å². The number of fused-ring (bicyclic) bond motifs is 3. The van der Waals surface area contributed by atoms with Gasteiger partial charge >= 0.3 is 0 Å². The molecule has 0 fully saturated rings. The third-order valence-electron chi connectivity index (χ3n) is 3.65. The van der Waals surface area contributed by atoms with E-state index in [0.717, 1.165) is 18.8 Å². The Hall–Kier alpha value is -1.48. The van der Waals surface area contributed by atoms with E-state index >= 15 is 0 Å². The zero-order valence-corrected chi connectivity index (χ0v) is 10.6. The Kier molecular flexibility index (Phi) is 2.37. The summed E-state index contributed by atoms with van der Waals surface area (Å²) in [4.78, 5) is 0. The van der Waals surface area contributed by atoms with Crippen molar-refractivity contribution in [1.82, 2.24) is 9.88 Å². The predicted octanol–water partition coefficient (Wildman–Crippen LogP) is 2.62. The molecule has 0 aliphatic carbocycles. The topological polar surface area (TPSA) is 26.2 Å². The second-order valence-corrected chi connectivity index (χ2v) is 4.80. The second kappa shape index (κ2) is 3.77. The van der Waals surface area contributed by atoms with Gasteiger partial charge in [0.1, 0.15) is 5.75 Å². The van der Waals surface area contributed by atoms with Gasteiger partial charge < -0.3 is 14.6 Å². The molecule has 0 radical (unpaired) electrons. The van der Waals surface area contributed by atoms with Crippen LogP contribution < -0.4 is 10.1 Å². The van der Waals surface area contributed by atoms with Crippen molar-refractivity contribution in [3.8, 4) is 5.75 Å². The van der Waals surface area contributed by atoms with Crippen LogP contribution in [0.25, 0.3) is 10.9 Å². The molecule has 0 spiro atoms. The molecule has 2 aromatic rings. The van der Waals surface area contributed by atoms with Crippen LogP contribution in [-0.2, 0) is 6.54 Å². The van der Waals surface area contributed by atoms with E-state index in [1.54, 1.807) is 7.11 Å². The Morgan fingerprint density at radius 2 is 2.24 bits per heavy atom. The first kappa shape index (κ1) is 10.7. The molecule has 1 aromatic heterocycles. The minimum absolute atomic E-state index is 0.478. The van der Waals surface area contributed by atoms with Crippen molar-refractivity contribution in [3.05, 3.63) is 29.5 Å². The first-order valence-electron chi connectivity index (χ1n) is 6.11. The summed E-state index contributed by atoms with van der Waals surface area (Å²) in [7, 11) is 1.76. The van der Waals surface area contributed by atoms with Gasteiger partial charge in [0, 0.05) is 24.5 Å². The van der Waals surface area contributed by atoms with E-state index < -0.39 is 0 Å². The highest BCUT2D eigenvalue weighted by atomic mass is 16.5. The lowest BCUT2D eigenvalue weighted by Gasteiger charge is -2.25. The summed E-state index contributed by atoms with van der Waals surface area (Å²) in [6.45, 7) is 6.33. The van der Waals surface area contributed by atoms with Gasteiger partial charge in [-0.3, -0.25) is 0 Å². The zero-order chi connectivity index (χ0) is 12.0. The van der Waals surface area contributed by atoms with Crippen LogP contribution in [0.2, 0.25) is 0 Å². The predicted molar refractivity (Wildman–Crippen MR) is 69.6 cm³/mol. The van der Waals surface area contributed by atoms with Gasteiger partial charge in [-0.1, -0.05) is 12.1 Å². The number of nitrogens with one attached hydrogen (secondary N) is 1. The van der Waals surface area contributed by atoms with Crippen molar-refractivity contribution in [2.45, 2.75) is 26.4 Å². The first-order valence-corrected chi connectivity index (χ1v) is 6.11. The largest absolute Gasteiger partial charge is 0.494 e. The van der Waals surface area contributed by atoms with E-state index in [-0.39, 0.29) is 0 Å². The van der Waals surface area contributed by atoms with Crippen LogP contribution in [0, 0.1) is 6.92 Å². The summed E-state index contributed by atoms with van der Waals surface area (Å²) in [5.74, 6) is 1.03. The van der Waals surface area contributed by atoms with Gasteiger partial charge in [0.25, 0.3) is 0 Å². The van der Waals surface area contributed by atoms with Crippen LogP contribution in [0.4, 0.5) is 0 Å². The fraction of sp³-hybridized carbons (Fsp3) is 0.429. The molecule has 1 atom stereocenters. The molecule has 90 valence electrons. The smallest absolute Gasteiger partial charge is 0.148 e. The van der Waals surface area contributed by atoms with Gasteiger partial charge in [0.05, 0.1) is 18.3 Å². The lowest BCUT2D eigenvalue weighted by molar-refractivity contribution is 0.384. The Bertz CT molecular complexity index is 571. The number of para-hydroxylation sites is 1. The molecule has 0 saturated heterocycles. The number of ether oxygens (including phenoxy) is 1. The van der Waals surface area contributed by atoms with Crippen LogP contribution in [-0.4, -0.2) is 18.2 Å². The molecule has 3 nitrogen and oxygen atoms in total. The monoisotopic (exact) mass is 230 g/mol. The maximum atomic E-state index is 5.61. The van der Waals surface area contributed by atoms with E-state index in [1.807, 2.05) is 0 Å². The Morgan fingerprint density at radius 3 is 3.00 bits per heavy atom. The maximum absolute atomic E-state index is 5.61. The molecular formula is C14H18N2O. The number of benzene rings is 1. The summed E-state index contributed by atoms with van der Waals surface area (Å²) >= 11 is 0. The van der Waals surface area contributed by atoms with E-state index in [1.165, 1.54) is 22.2 Å². The molecule has 3 rings (SSSR count). The molecule has 1 unspecified atom stereocenters. The number of nitrogens with zero attached hydrogens (tertiary/aromatic N) is 1. The Balaban J connectivity index is 2.43. The lowest BCUT2D eigenvalue weighted by atomic mass is 10.1. The summed E-state index contributed by atoms with van der Waals surface area (Å²) in [5.41, 5.74) is 3.92. The fourth-order valence-corrected chi connectivity index (χ4v) is 2.93. The van der Waals surface area contributed by atoms with Crippen LogP contribution in [0.1, 0.15) is 24.2 Å². The molecule has 0 amide bonds. The number of rotatable bonds is 1. The van der Waals surface area contributed by atoms with Gasteiger partial charge in [0.2, 0.25) is 0 Å². The van der Waals surface area contributed by atoms with E-state index in [9.17, 15) is 0 Å². The molecule has 1 aliphatic heterocycles. The highest BCUT2D eigenvalue weighted by molar-refractivity contribution is 5.91. The summed E-state index contributed by atoms with van der Waals surface area (Å²) in [6.07, 6.45) is 0. The minimum atomic E-state index is 0.478. The number of aromatic nitrogens is 1. The van der Waals surface area contributed by atoms with Crippen LogP contribution >= 0.6 is 0 Å². The molecule has 0 saturated carbocycles. The van der Waals surface area contributed by atoms with Crippen molar-refractivity contribution in [2.75, 3.05) is 13.7 Å². The third kappa shape index (κ3) is 1.39. The highest BCUT2D eigenvalue weighted by Gasteiger charge is 2.24. The molecule has 0 bridgehead atoms. The average molecular weight is 230 g/mol. The van der Waals surface area contributed by atoms with Crippen molar-refractivity contribution in [1.29, 1.82) is 0 Å². The van der Waals surface area contributed by atoms with Gasteiger partial charge in [-0.05, 0) is 25.5 Å². The van der Waals surface area contributed by atoms with Crippen molar-refractivity contribution in [2.24, 2.45) is 0 Å². The molecule has 1 aromatic carbocycles. The average Bonchev–Trinajstić information content (AvgIpc) is 2.65. The molecule has 1 N–H and O–H groups in total. The third-order valence-corrected chi connectivity index (χ3v) is 3.65.